The number of hydrogen-bond donors (Lipinski definition) is 1. The summed E-state index contributed by atoms with van der Waals surface area (Å²) in [6.07, 6.45) is 1.85. The van der Waals surface area contributed by atoms with Crippen LogP contribution < -0.4 is 10.2 Å². The van der Waals surface area contributed by atoms with Crippen LogP contribution in [0.2, 0.25) is 5.15 Å². The lowest BCUT2D eigenvalue weighted by molar-refractivity contribution is -0.119. The second-order valence-corrected chi connectivity index (χ2v) is 7.61. The average molecular weight is 407 g/mol. The molecular weight excluding hydrogens is 380 g/mol. The molecule has 0 radical (unpaired) electrons. The minimum Gasteiger partial charge on any atom is -0.357 e. The molecule has 1 amide bonds. The molecule has 7 heteroatoms. The number of rotatable bonds is 10. The number of carbonyl (C=O) groups excluding carboxylic acids is 1. The number of amides is 1. The van der Waals surface area contributed by atoms with Gasteiger partial charge in [-0.2, -0.15) is 0 Å². The molecule has 1 aromatic carbocycles. The van der Waals surface area contributed by atoms with Gasteiger partial charge >= 0.3 is 0 Å². The van der Waals surface area contributed by atoms with Gasteiger partial charge in [0.25, 0.3) is 0 Å². The van der Waals surface area contributed by atoms with Crippen molar-refractivity contribution in [2.75, 3.05) is 23.7 Å². The Morgan fingerprint density at radius 1 is 1.22 bits per heavy atom. The summed E-state index contributed by atoms with van der Waals surface area (Å²) in [6.45, 7) is 7.84. The van der Waals surface area contributed by atoms with E-state index in [0.717, 1.165) is 31.7 Å². The highest BCUT2D eigenvalue weighted by Crippen LogP contribution is 2.21. The highest BCUT2D eigenvalue weighted by atomic mass is 35.5. The van der Waals surface area contributed by atoms with Crippen LogP contribution >= 0.6 is 23.4 Å². The fourth-order valence-corrected chi connectivity index (χ4v) is 3.60. The molecule has 0 spiro atoms. The zero-order chi connectivity index (χ0) is 19.6. The van der Waals surface area contributed by atoms with Gasteiger partial charge in [-0.1, -0.05) is 53.7 Å². The third-order valence-electron chi connectivity index (χ3n) is 4.20. The highest BCUT2D eigenvalue weighted by Gasteiger charge is 2.12. The summed E-state index contributed by atoms with van der Waals surface area (Å²) in [7, 11) is 0. The molecule has 0 aliphatic carbocycles. The summed E-state index contributed by atoms with van der Waals surface area (Å²) < 4.78 is 0. The van der Waals surface area contributed by atoms with E-state index in [0.29, 0.717) is 10.3 Å². The van der Waals surface area contributed by atoms with Crippen LogP contribution in [0.1, 0.15) is 32.8 Å². The first kappa shape index (κ1) is 21.5. The number of aryl methyl sites for hydroxylation is 1. The summed E-state index contributed by atoms with van der Waals surface area (Å²) in [6, 6.07) is 12.2. The molecule has 0 aliphatic rings. The zero-order valence-electron chi connectivity index (χ0n) is 16.1. The Kier molecular flexibility index (Phi) is 8.88. The van der Waals surface area contributed by atoms with Gasteiger partial charge in [-0.15, -0.1) is 0 Å². The number of anilines is 1. The van der Waals surface area contributed by atoms with Gasteiger partial charge in [0.05, 0.1) is 5.75 Å². The third kappa shape index (κ3) is 7.39. The van der Waals surface area contributed by atoms with Gasteiger partial charge in [-0.05, 0) is 39.2 Å². The number of nitrogens with zero attached hydrogens (tertiary/aromatic N) is 3. The number of nitrogens with one attached hydrogen (secondary N) is 1. The van der Waals surface area contributed by atoms with Crippen LogP contribution in [0.4, 0.5) is 5.82 Å². The zero-order valence-corrected chi connectivity index (χ0v) is 17.7. The van der Waals surface area contributed by atoms with Crippen molar-refractivity contribution in [2.45, 2.75) is 44.8 Å². The summed E-state index contributed by atoms with van der Waals surface area (Å²) in [5.74, 6) is 1.04. The van der Waals surface area contributed by atoms with Crippen molar-refractivity contribution >= 4 is 35.1 Å². The SMILES string of the molecule is CCN(CC)c1cc(Cl)nc(SCC(=O)N[C@H](C)CCc2ccccc2)n1. The fraction of sp³-hybridized carbons (Fsp3) is 0.450. The first-order valence-electron chi connectivity index (χ1n) is 9.27. The highest BCUT2D eigenvalue weighted by molar-refractivity contribution is 7.99. The van der Waals surface area contributed by atoms with Gasteiger partial charge in [0.15, 0.2) is 5.16 Å². The van der Waals surface area contributed by atoms with E-state index in [1.165, 1.54) is 17.3 Å². The maximum Gasteiger partial charge on any atom is 0.230 e. The fourth-order valence-electron chi connectivity index (χ4n) is 2.71. The van der Waals surface area contributed by atoms with E-state index >= 15 is 0 Å². The van der Waals surface area contributed by atoms with Crippen molar-refractivity contribution in [3.05, 3.63) is 47.1 Å². The normalized spacial score (nSPS) is 11.9. The van der Waals surface area contributed by atoms with Gasteiger partial charge in [0, 0.05) is 25.2 Å². The molecule has 1 heterocycles. The van der Waals surface area contributed by atoms with Gasteiger partial charge in [0.2, 0.25) is 5.91 Å². The van der Waals surface area contributed by atoms with E-state index in [2.05, 4.69) is 46.2 Å². The lowest BCUT2D eigenvalue weighted by Gasteiger charge is -2.20. The number of carbonyl (C=O) groups is 1. The summed E-state index contributed by atoms with van der Waals surface area (Å²) in [5, 5.41) is 3.95. The maximum absolute atomic E-state index is 12.2. The van der Waals surface area contributed by atoms with Crippen LogP contribution in [0.25, 0.3) is 0 Å². The van der Waals surface area contributed by atoms with Gasteiger partial charge in [-0.3, -0.25) is 4.79 Å². The lowest BCUT2D eigenvalue weighted by Crippen LogP contribution is -2.34. The number of hydrogen-bond acceptors (Lipinski definition) is 5. The minimum absolute atomic E-state index is 0.0199. The number of halogens is 1. The molecule has 1 atom stereocenters. The van der Waals surface area contributed by atoms with E-state index in [1.807, 2.05) is 25.1 Å². The largest absolute Gasteiger partial charge is 0.357 e. The summed E-state index contributed by atoms with van der Waals surface area (Å²) in [5.41, 5.74) is 1.28. The van der Waals surface area contributed by atoms with Crippen LogP contribution in [0.3, 0.4) is 0 Å². The van der Waals surface area contributed by atoms with Crippen LogP contribution in [0.5, 0.6) is 0 Å². The monoisotopic (exact) mass is 406 g/mol. The predicted molar refractivity (Wildman–Crippen MR) is 114 cm³/mol. The summed E-state index contributed by atoms with van der Waals surface area (Å²) >= 11 is 7.42. The van der Waals surface area contributed by atoms with E-state index in [1.54, 1.807) is 6.07 Å². The molecule has 2 aromatic rings. The lowest BCUT2D eigenvalue weighted by atomic mass is 10.1. The molecule has 2 rings (SSSR count). The Labute approximate surface area is 170 Å². The van der Waals surface area contributed by atoms with Crippen molar-refractivity contribution in [3.63, 3.8) is 0 Å². The van der Waals surface area contributed by atoms with Crippen molar-refractivity contribution in [3.8, 4) is 0 Å². The molecule has 1 aromatic heterocycles. The van der Waals surface area contributed by atoms with Crippen LogP contribution in [-0.2, 0) is 11.2 Å². The van der Waals surface area contributed by atoms with Gasteiger partial charge in [0.1, 0.15) is 11.0 Å². The average Bonchev–Trinajstić information content (AvgIpc) is 2.66. The molecule has 27 heavy (non-hydrogen) atoms. The number of thioether (sulfide) groups is 1. The topological polar surface area (TPSA) is 58.1 Å². The molecule has 5 nitrogen and oxygen atoms in total. The first-order valence-corrected chi connectivity index (χ1v) is 10.6. The van der Waals surface area contributed by atoms with E-state index < -0.39 is 0 Å². The van der Waals surface area contributed by atoms with E-state index in [4.69, 9.17) is 11.6 Å². The Hall–Kier alpha value is -1.79. The molecule has 0 bridgehead atoms. The van der Waals surface area contributed by atoms with E-state index in [9.17, 15) is 4.79 Å². The van der Waals surface area contributed by atoms with Crippen molar-refractivity contribution < 1.29 is 4.79 Å². The molecule has 0 aliphatic heterocycles. The first-order chi connectivity index (χ1) is 13.0. The Morgan fingerprint density at radius 3 is 2.59 bits per heavy atom. The molecule has 0 unspecified atom stereocenters. The minimum atomic E-state index is -0.0199. The van der Waals surface area contributed by atoms with Crippen LogP contribution in [-0.4, -0.2) is 40.8 Å². The van der Waals surface area contributed by atoms with Gasteiger partial charge < -0.3 is 10.2 Å². The Bertz CT molecular complexity index is 725. The van der Waals surface area contributed by atoms with Crippen molar-refractivity contribution in [1.82, 2.24) is 15.3 Å². The van der Waals surface area contributed by atoms with Crippen LogP contribution in [0.15, 0.2) is 41.6 Å². The standard InChI is InChI=1S/C20H27ClN4OS/c1-4-25(5-2)18-13-17(21)23-20(24-18)27-14-19(26)22-15(3)11-12-16-9-7-6-8-10-16/h6-10,13,15H,4-5,11-12,14H2,1-3H3,(H,22,26)/t15-/m1/s1. The third-order valence-corrected chi connectivity index (χ3v) is 5.24. The Balaban J connectivity index is 1.82. The van der Waals surface area contributed by atoms with Crippen molar-refractivity contribution in [2.24, 2.45) is 0 Å². The smallest absolute Gasteiger partial charge is 0.230 e. The van der Waals surface area contributed by atoms with Crippen molar-refractivity contribution in [1.29, 1.82) is 0 Å². The quantitative estimate of drug-likeness (QED) is 0.364. The second-order valence-electron chi connectivity index (χ2n) is 6.29. The molecular formula is C20H27ClN4OS. The molecule has 1 N–H and O–H groups in total. The van der Waals surface area contributed by atoms with Gasteiger partial charge in [-0.25, -0.2) is 9.97 Å². The second kappa shape index (κ2) is 11.1. The molecule has 146 valence electrons. The number of benzene rings is 1. The number of aromatic nitrogens is 2. The molecule has 0 saturated heterocycles. The maximum atomic E-state index is 12.2. The predicted octanol–water partition coefficient (Wildman–Crippen LogP) is 4.21. The Morgan fingerprint density at radius 2 is 1.93 bits per heavy atom. The summed E-state index contributed by atoms with van der Waals surface area (Å²) in [4.78, 5) is 23.1. The molecule has 0 fully saturated rings. The van der Waals surface area contributed by atoms with E-state index in [-0.39, 0.29) is 17.7 Å². The van der Waals surface area contributed by atoms with Crippen LogP contribution in [0, 0.1) is 0 Å². The molecule has 0 saturated carbocycles.